The number of rotatable bonds is 5. The van der Waals surface area contributed by atoms with Gasteiger partial charge < -0.3 is 10.4 Å². The molecule has 1 aromatic carbocycles. The summed E-state index contributed by atoms with van der Waals surface area (Å²) in [5.74, 6) is -1.84. The molecular formula is C17H14F2N4O2S. The highest BCUT2D eigenvalue weighted by atomic mass is 32.1. The predicted molar refractivity (Wildman–Crippen MR) is 91.5 cm³/mol. The van der Waals surface area contributed by atoms with Crippen LogP contribution in [0.5, 0.6) is 0 Å². The summed E-state index contributed by atoms with van der Waals surface area (Å²) in [6.45, 7) is 1.67. The summed E-state index contributed by atoms with van der Waals surface area (Å²) in [5, 5.41) is 12.6. The summed E-state index contributed by atoms with van der Waals surface area (Å²) in [6.07, 6.45) is 1.04. The van der Waals surface area contributed by atoms with Gasteiger partial charge in [0.15, 0.2) is 11.6 Å². The molecule has 134 valence electrons. The minimum Gasteiger partial charge on any atom is -0.386 e. The van der Waals surface area contributed by atoms with Crippen molar-refractivity contribution in [3.05, 3.63) is 63.9 Å². The second kappa shape index (κ2) is 7.63. The Hall–Kier alpha value is -2.78. The molecule has 1 atom stereocenters. The first kappa shape index (κ1) is 18.0. The lowest BCUT2D eigenvalue weighted by molar-refractivity contribution is 0.0913. The Morgan fingerprint density at radius 2 is 2.00 bits per heavy atom. The predicted octanol–water partition coefficient (Wildman–Crippen LogP) is 2.65. The topological polar surface area (TPSA) is 88.0 Å². The Morgan fingerprint density at radius 1 is 1.27 bits per heavy atom. The van der Waals surface area contributed by atoms with Gasteiger partial charge in [-0.3, -0.25) is 4.79 Å². The largest absolute Gasteiger partial charge is 0.386 e. The first-order valence-corrected chi connectivity index (χ1v) is 8.47. The number of carbonyl (C=O) groups excluding carboxylic acids is 1. The smallest absolute Gasteiger partial charge is 0.254 e. The van der Waals surface area contributed by atoms with Crippen molar-refractivity contribution < 1.29 is 18.7 Å². The Morgan fingerprint density at radius 3 is 2.65 bits per heavy atom. The third-order valence-corrected chi connectivity index (χ3v) is 4.66. The van der Waals surface area contributed by atoms with E-state index in [2.05, 4.69) is 20.3 Å². The number of hydrogen-bond donors (Lipinski definition) is 2. The lowest BCUT2D eigenvalue weighted by atomic mass is 10.1. The van der Waals surface area contributed by atoms with E-state index in [9.17, 15) is 18.7 Å². The Bertz CT molecular complexity index is 931. The molecule has 0 bridgehead atoms. The van der Waals surface area contributed by atoms with E-state index >= 15 is 0 Å². The van der Waals surface area contributed by atoms with Crippen LogP contribution in [-0.4, -0.2) is 32.5 Å². The van der Waals surface area contributed by atoms with Crippen molar-refractivity contribution in [2.45, 2.75) is 13.0 Å². The molecule has 9 heteroatoms. The maximum Gasteiger partial charge on any atom is 0.254 e. The van der Waals surface area contributed by atoms with Crippen molar-refractivity contribution in [1.29, 1.82) is 0 Å². The normalized spacial score (nSPS) is 12.0. The zero-order valence-corrected chi connectivity index (χ0v) is 14.4. The van der Waals surface area contributed by atoms with Crippen LogP contribution in [0.25, 0.3) is 11.4 Å². The zero-order valence-electron chi connectivity index (χ0n) is 13.6. The first-order chi connectivity index (χ1) is 12.5. The van der Waals surface area contributed by atoms with Crippen molar-refractivity contribution in [2.75, 3.05) is 6.54 Å². The van der Waals surface area contributed by atoms with Gasteiger partial charge in [0.1, 0.15) is 11.9 Å². The van der Waals surface area contributed by atoms with Crippen molar-refractivity contribution >= 4 is 17.2 Å². The highest BCUT2D eigenvalue weighted by Gasteiger charge is 2.18. The molecule has 0 unspecified atom stereocenters. The van der Waals surface area contributed by atoms with Crippen LogP contribution in [0.1, 0.15) is 27.0 Å². The number of aromatic nitrogens is 3. The molecule has 2 aromatic heterocycles. The number of hydrogen-bond acceptors (Lipinski definition) is 6. The third kappa shape index (κ3) is 3.89. The molecule has 2 N–H and O–H groups in total. The molecule has 0 radical (unpaired) electrons. The molecule has 26 heavy (non-hydrogen) atoms. The van der Waals surface area contributed by atoms with E-state index in [0.717, 1.165) is 18.5 Å². The van der Waals surface area contributed by atoms with Crippen LogP contribution < -0.4 is 5.32 Å². The second-order valence-electron chi connectivity index (χ2n) is 5.45. The highest BCUT2D eigenvalue weighted by Crippen LogP contribution is 2.22. The molecule has 0 saturated carbocycles. The highest BCUT2D eigenvalue weighted by molar-refractivity contribution is 7.09. The van der Waals surface area contributed by atoms with E-state index < -0.39 is 23.6 Å². The number of carbonyl (C=O) groups is 1. The van der Waals surface area contributed by atoms with E-state index in [4.69, 9.17) is 0 Å². The SMILES string of the molecule is Cc1ncsc1[C@@H](O)CNC(=O)c1cc(-c2ncc(F)cn2)ccc1F. The molecule has 0 fully saturated rings. The number of nitrogens with zero attached hydrogens (tertiary/aromatic N) is 3. The molecule has 0 aliphatic carbocycles. The Kier molecular flexibility index (Phi) is 5.29. The summed E-state index contributed by atoms with van der Waals surface area (Å²) < 4.78 is 26.9. The molecule has 0 aliphatic heterocycles. The molecule has 3 aromatic rings. The summed E-state index contributed by atoms with van der Waals surface area (Å²) in [7, 11) is 0. The van der Waals surface area contributed by atoms with Gasteiger partial charge in [-0.25, -0.2) is 23.7 Å². The molecule has 3 rings (SSSR count). The van der Waals surface area contributed by atoms with Crippen LogP contribution in [0, 0.1) is 18.6 Å². The summed E-state index contributed by atoms with van der Waals surface area (Å²) in [5.41, 5.74) is 2.43. The van der Waals surface area contributed by atoms with E-state index in [1.54, 1.807) is 12.4 Å². The van der Waals surface area contributed by atoms with E-state index in [0.29, 0.717) is 16.1 Å². The number of aryl methyl sites for hydroxylation is 1. The van der Waals surface area contributed by atoms with Gasteiger partial charge in [-0.05, 0) is 25.1 Å². The fraction of sp³-hybridized carbons (Fsp3) is 0.176. The molecule has 0 spiro atoms. The fourth-order valence-corrected chi connectivity index (χ4v) is 3.10. The molecule has 0 saturated heterocycles. The number of halogens is 2. The van der Waals surface area contributed by atoms with E-state index in [1.807, 2.05) is 0 Å². The van der Waals surface area contributed by atoms with Crippen LogP contribution in [0.3, 0.4) is 0 Å². The van der Waals surface area contributed by atoms with E-state index in [1.165, 1.54) is 23.5 Å². The van der Waals surface area contributed by atoms with Crippen LogP contribution >= 0.6 is 11.3 Å². The number of thiazole rings is 1. The lowest BCUT2D eigenvalue weighted by Gasteiger charge is -2.12. The number of benzene rings is 1. The maximum atomic E-state index is 14.0. The van der Waals surface area contributed by atoms with E-state index in [-0.39, 0.29) is 17.9 Å². The van der Waals surface area contributed by atoms with Gasteiger partial charge >= 0.3 is 0 Å². The minimum absolute atomic E-state index is 0.0847. The van der Waals surface area contributed by atoms with Crippen molar-refractivity contribution in [1.82, 2.24) is 20.3 Å². The number of aliphatic hydroxyl groups excluding tert-OH is 1. The monoisotopic (exact) mass is 376 g/mol. The van der Waals surface area contributed by atoms with Crippen molar-refractivity contribution in [3.63, 3.8) is 0 Å². The van der Waals surface area contributed by atoms with Crippen molar-refractivity contribution in [2.24, 2.45) is 0 Å². The Labute approximate surface area is 151 Å². The van der Waals surface area contributed by atoms with Crippen LogP contribution in [-0.2, 0) is 0 Å². The van der Waals surface area contributed by atoms with Gasteiger partial charge in [-0.2, -0.15) is 0 Å². The second-order valence-corrected chi connectivity index (χ2v) is 6.33. The maximum absolute atomic E-state index is 14.0. The van der Waals surface area contributed by atoms with Gasteiger partial charge in [-0.15, -0.1) is 11.3 Å². The summed E-state index contributed by atoms with van der Waals surface area (Å²) in [4.78, 5) is 24.6. The molecular weight excluding hydrogens is 362 g/mol. The number of amides is 1. The van der Waals surface area contributed by atoms with Gasteiger partial charge in [0, 0.05) is 12.1 Å². The zero-order chi connectivity index (χ0) is 18.7. The minimum atomic E-state index is -0.932. The quantitative estimate of drug-likeness (QED) is 0.715. The van der Waals surface area contributed by atoms with Crippen LogP contribution in [0.2, 0.25) is 0 Å². The third-order valence-electron chi connectivity index (χ3n) is 3.63. The summed E-state index contributed by atoms with van der Waals surface area (Å²) >= 11 is 1.28. The fourth-order valence-electron chi connectivity index (χ4n) is 2.31. The molecule has 2 heterocycles. The molecule has 1 amide bonds. The standard InChI is InChI=1S/C17H14F2N4O2S/c1-9-15(26-8-23-9)14(24)7-22-17(25)12-4-10(2-3-13(12)19)16-20-5-11(18)6-21-16/h2-6,8,14,24H,7H2,1H3,(H,22,25)/t14-/m0/s1. The van der Waals surface area contributed by atoms with Gasteiger partial charge in [0.2, 0.25) is 0 Å². The number of nitrogens with one attached hydrogen (secondary N) is 1. The average molecular weight is 376 g/mol. The van der Waals surface area contributed by atoms with Gasteiger partial charge in [0.25, 0.3) is 5.91 Å². The Balaban J connectivity index is 1.75. The van der Waals surface area contributed by atoms with Crippen molar-refractivity contribution in [3.8, 4) is 11.4 Å². The summed E-state index contributed by atoms with van der Waals surface area (Å²) in [6, 6.07) is 3.79. The molecule has 0 aliphatic rings. The van der Waals surface area contributed by atoms with Gasteiger partial charge in [0.05, 0.1) is 34.0 Å². The van der Waals surface area contributed by atoms with Crippen LogP contribution in [0.15, 0.2) is 36.1 Å². The number of aliphatic hydroxyl groups is 1. The first-order valence-electron chi connectivity index (χ1n) is 7.59. The average Bonchev–Trinajstić information content (AvgIpc) is 3.06. The van der Waals surface area contributed by atoms with Crippen LogP contribution in [0.4, 0.5) is 8.78 Å². The lowest BCUT2D eigenvalue weighted by Crippen LogP contribution is -2.29. The van der Waals surface area contributed by atoms with Gasteiger partial charge in [-0.1, -0.05) is 0 Å². The molecule has 6 nitrogen and oxygen atoms in total.